The number of hydrogen-bond donors (Lipinski definition) is 0. The molecule has 1 aromatic heterocycles. The zero-order chi connectivity index (χ0) is 13.5. The molecule has 1 aliphatic rings. The molecule has 1 aromatic carbocycles. The van der Waals surface area contributed by atoms with Crippen LogP contribution in [-0.4, -0.2) is 18.6 Å². The number of benzene rings is 1. The van der Waals surface area contributed by atoms with Crippen molar-refractivity contribution in [2.75, 3.05) is 0 Å². The largest absolute Gasteiger partial charge is 0.339 e. The Kier molecular flexibility index (Phi) is 2.85. The fraction of sp³-hybridized carbons (Fsp3) is 0.333. The van der Waals surface area contributed by atoms with Gasteiger partial charge in [-0.15, -0.1) is 0 Å². The molecule has 0 atom stereocenters. The Morgan fingerprint density at radius 3 is 2.74 bits per heavy atom. The zero-order valence-corrected chi connectivity index (χ0v) is 10.7. The van der Waals surface area contributed by atoms with E-state index >= 15 is 0 Å². The molecule has 0 spiro atoms. The van der Waals surface area contributed by atoms with E-state index in [1.54, 1.807) is 0 Å². The summed E-state index contributed by atoms with van der Waals surface area (Å²) < 4.78 is 42.6. The fourth-order valence-electron chi connectivity index (χ4n) is 1.77. The Balaban J connectivity index is 1.86. The van der Waals surface area contributed by atoms with Gasteiger partial charge in [-0.05, 0) is 25.0 Å². The minimum Gasteiger partial charge on any atom is -0.339 e. The first-order chi connectivity index (χ1) is 9.06. The van der Waals surface area contributed by atoms with E-state index in [-0.39, 0.29) is 16.6 Å². The van der Waals surface area contributed by atoms with Crippen LogP contribution in [0.3, 0.4) is 0 Å². The highest BCUT2D eigenvalue weighted by molar-refractivity contribution is 7.90. The average Bonchev–Trinajstić information content (AvgIpc) is 3.11. The second kappa shape index (κ2) is 4.41. The molecule has 2 aromatic rings. The molecule has 0 radical (unpaired) electrons. The van der Waals surface area contributed by atoms with Crippen LogP contribution in [-0.2, 0) is 15.6 Å². The van der Waals surface area contributed by atoms with Crippen molar-refractivity contribution in [3.63, 3.8) is 0 Å². The van der Waals surface area contributed by atoms with Gasteiger partial charge in [-0.1, -0.05) is 17.3 Å². The summed E-state index contributed by atoms with van der Waals surface area (Å²) in [5.41, 5.74) is 0. The molecule has 3 rings (SSSR count). The van der Waals surface area contributed by atoms with E-state index in [1.165, 1.54) is 18.2 Å². The van der Waals surface area contributed by atoms with Crippen LogP contribution in [0.5, 0.6) is 0 Å². The highest BCUT2D eigenvalue weighted by Gasteiger charge is 2.30. The Morgan fingerprint density at radius 1 is 1.32 bits per heavy atom. The predicted molar refractivity (Wildman–Crippen MR) is 63.6 cm³/mol. The monoisotopic (exact) mass is 282 g/mol. The molecule has 7 heteroatoms. The summed E-state index contributed by atoms with van der Waals surface area (Å²) in [6.07, 6.45) is 1.98. The number of rotatable bonds is 4. The Bertz CT molecular complexity index is 707. The maximum atomic E-state index is 13.5. The van der Waals surface area contributed by atoms with Crippen molar-refractivity contribution in [1.82, 2.24) is 10.1 Å². The summed E-state index contributed by atoms with van der Waals surface area (Å²) in [7, 11) is -3.80. The van der Waals surface area contributed by atoms with Crippen molar-refractivity contribution in [1.29, 1.82) is 0 Å². The first-order valence-corrected chi connectivity index (χ1v) is 7.51. The molecular formula is C12H11FN2O3S. The van der Waals surface area contributed by atoms with E-state index < -0.39 is 21.4 Å². The second-order valence-electron chi connectivity index (χ2n) is 4.51. The quantitative estimate of drug-likeness (QED) is 0.858. The van der Waals surface area contributed by atoms with Crippen LogP contribution in [0.2, 0.25) is 0 Å². The van der Waals surface area contributed by atoms with E-state index in [2.05, 4.69) is 10.1 Å². The summed E-state index contributed by atoms with van der Waals surface area (Å²) in [5.74, 6) is -0.417. The Morgan fingerprint density at radius 2 is 2.05 bits per heavy atom. The van der Waals surface area contributed by atoms with Gasteiger partial charge in [0.1, 0.15) is 16.5 Å². The van der Waals surface area contributed by atoms with Crippen LogP contribution < -0.4 is 0 Å². The van der Waals surface area contributed by atoms with Gasteiger partial charge in [-0.25, -0.2) is 12.8 Å². The Labute approximate surface area is 109 Å². The number of nitrogens with zero attached hydrogens (tertiary/aromatic N) is 2. The molecule has 19 heavy (non-hydrogen) atoms. The molecular weight excluding hydrogens is 271 g/mol. The number of hydrogen-bond acceptors (Lipinski definition) is 5. The van der Waals surface area contributed by atoms with Crippen molar-refractivity contribution >= 4 is 9.84 Å². The van der Waals surface area contributed by atoms with Crippen molar-refractivity contribution in [3.05, 3.63) is 41.8 Å². The Hall–Kier alpha value is -1.76. The smallest absolute Gasteiger partial charge is 0.229 e. The summed E-state index contributed by atoms with van der Waals surface area (Å²) in [5, 5.41) is 3.63. The fourth-order valence-corrected chi connectivity index (χ4v) is 3.03. The van der Waals surface area contributed by atoms with E-state index in [1.807, 2.05) is 0 Å². The third-order valence-corrected chi connectivity index (χ3v) is 4.54. The van der Waals surface area contributed by atoms with Crippen molar-refractivity contribution in [2.45, 2.75) is 29.4 Å². The second-order valence-corrected chi connectivity index (χ2v) is 6.47. The molecule has 0 aliphatic heterocycles. The third kappa shape index (κ3) is 2.51. The average molecular weight is 282 g/mol. The topological polar surface area (TPSA) is 73.1 Å². The molecule has 1 aliphatic carbocycles. The van der Waals surface area contributed by atoms with Gasteiger partial charge in [0.25, 0.3) is 0 Å². The van der Waals surface area contributed by atoms with Crippen LogP contribution in [0.15, 0.2) is 33.7 Å². The molecule has 0 N–H and O–H groups in total. The van der Waals surface area contributed by atoms with Gasteiger partial charge in [-0.2, -0.15) is 4.98 Å². The summed E-state index contributed by atoms with van der Waals surface area (Å²) >= 11 is 0. The van der Waals surface area contributed by atoms with Gasteiger partial charge >= 0.3 is 0 Å². The SMILES string of the molecule is O=S(=O)(Cc1noc(C2CC2)n1)c1ccccc1F. The number of aromatic nitrogens is 2. The first kappa shape index (κ1) is 12.3. The highest BCUT2D eigenvalue weighted by Crippen LogP contribution is 2.38. The van der Waals surface area contributed by atoms with E-state index in [0.717, 1.165) is 18.9 Å². The molecule has 100 valence electrons. The zero-order valence-electron chi connectivity index (χ0n) is 9.91. The molecule has 0 bridgehead atoms. The lowest BCUT2D eigenvalue weighted by Crippen LogP contribution is -2.08. The maximum absolute atomic E-state index is 13.5. The minimum atomic E-state index is -3.80. The highest BCUT2D eigenvalue weighted by atomic mass is 32.2. The lowest BCUT2D eigenvalue weighted by Gasteiger charge is -2.02. The predicted octanol–water partition coefficient (Wildman–Crippen LogP) is 2.06. The van der Waals surface area contributed by atoms with Crippen LogP contribution in [0.4, 0.5) is 4.39 Å². The summed E-state index contributed by atoms with van der Waals surface area (Å²) in [6.45, 7) is 0. The minimum absolute atomic E-state index is 0.0742. The molecule has 1 heterocycles. The van der Waals surface area contributed by atoms with E-state index in [0.29, 0.717) is 5.89 Å². The maximum Gasteiger partial charge on any atom is 0.229 e. The molecule has 5 nitrogen and oxygen atoms in total. The van der Waals surface area contributed by atoms with E-state index in [4.69, 9.17) is 4.52 Å². The lowest BCUT2D eigenvalue weighted by molar-refractivity contribution is 0.375. The van der Waals surface area contributed by atoms with Gasteiger partial charge < -0.3 is 4.52 Å². The van der Waals surface area contributed by atoms with Gasteiger partial charge in [-0.3, -0.25) is 0 Å². The lowest BCUT2D eigenvalue weighted by atomic mass is 10.3. The van der Waals surface area contributed by atoms with Gasteiger partial charge in [0, 0.05) is 5.92 Å². The van der Waals surface area contributed by atoms with Gasteiger partial charge in [0.2, 0.25) is 5.89 Å². The van der Waals surface area contributed by atoms with E-state index in [9.17, 15) is 12.8 Å². The first-order valence-electron chi connectivity index (χ1n) is 5.86. The summed E-state index contributed by atoms with van der Waals surface area (Å²) in [6, 6.07) is 5.25. The molecule has 1 saturated carbocycles. The van der Waals surface area contributed by atoms with Crippen molar-refractivity contribution < 1.29 is 17.3 Å². The van der Waals surface area contributed by atoms with Gasteiger partial charge in [0.15, 0.2) is 15.7 Å². The standard InChI is InChI=1S/C12H11FN2O3S/c13-9-3-1-2-4-10(9)19(16,17)7-11-14-12(18-15-11)8-5-6-8/h1-4,8H,5-7H2. The molecule has 0 amide bonds. The summed E-state index contributed by atoms with van der Waals surface area (Å²) in [4.78, 5) is 3.69. The van der Waals surface area contributed by atoms with Crippen LogP contribution in [0.25, 0.3) is 0 Å². The molecule has 0 unspecified atom stereocenters. The van der Waals surface area contributed by atoms with Crippen molar-refractivity contribution in [2.24, 2.45) is 0 Å². The van der Waals surface area contributed by atoms with Crippen LogP contribution in [0.1, 0.15) is 30.5 Å². The van der Waals surface area contributed by atoms with Crippen molar-refractivity contribution in [3.8, 4) is 0 Å². The van der Waals surface area contributed by atoms with Crippen LogP contribution >= 0.6 is 0 Å². The molecule has 0 saturated heterocycles. The van der Waals surface area contributed by atoms with Gasteiger partial charge in [0.05, 0.1) is 0 Å². The van der Waals surface area contributed by atoms with Crippen LogP contribution in [0, 0.1) is 5.82 Å². The molecule has 1 fully saturated rings. The third-order valence-electron chi connectivity index (χ3n) is 2.90. The number of halogens is 1. The normalized spacial score (nSPS) is 15.6. The number of sulfone groups is 1.